The fourth-order valence-corrected chi connectivity index (χ4v) is 2.64. The predicted molar refractivity (Wildman–Crippen MR) is 93.1 cm³/mol. The molecule has 0 spiro atoms. The van der Waals surface area contributed by atoms with Crippen molar-refractivity contribution < 1.29 is 18.0 Å². The van der Waals surface area contributed by atoms with Crippen molar-refractivity contribution in [3.8, 4) is 0 Å². The summed E-state index contributed by atoms with van der Waals surface area (Å²) >= 11 is 0. The summed E-state index contributed by atoms with van der Waals surface area (Å²) in [5.74, 6) is -0.177. The number of halogens is 3. The van der Waals surface area contributed by atoms with Gasteiger partial charge in [-0.25, -0.2) is 0 Å². The van der Waals surface area contributed by atoms with Crippen LogP contribution in [0, 0.1) is 13.8 Å². The third-order valence-corrected chi connectivity index (χ3v) is 3.90. The molecule has 0 atom stereocenters. The summed E-state index contributed by atoms with van der Waals surface area (Å²) in [6, 6.07) is 10.5. The maximum absolute atomic E-state index is 12.7. The minimum atomic E-state index is -4.54. The van der Waals surface area contributed by atoms with Crippen LogP contribution in [0.5, 0.6) is 0 Å². The molecule has 9 heteroatoms. The van der Waals surface area contributed by atoms with Crippen molar-refractivity contribution in [2.24, 2.45) is 0 Å². The number of nitrogens with zero attached hydrogens (tertiary/aromatic N) is 4. The standard InChI is InChI=1S/C18H18F3N5O/c1-12-4-3-5-14(8-12)10-25-7-6-16(24-25)22-17(27)11-26-13(2)9-15(23-26)18(19,20)21/h3-9H,10-11H2,1-2H3,(H,22,24,27). The number of carbonyl (C=O) groups is 1. The minimum absolute atomic E-state index is 0.252. The number of benzene rings is 1. The lowest BCUT2D eigenvalue weighted by Gasteiger charge is -2.05. The zero-order chi connectivity index (χ0) is 19.6. The molecule has 0 unspecified atom stereocenters. The summed E-state index contributed by atoms with van der Waals surface area (Å²) in [7, 11) is 0. The van der Waals surface area contributed by atoms with Crippen LogP contribution in [-0.4, -0.2) is 25.5 Å². The number of anilines is 1. The van der Waals surface area contributed by atoms with Crippen LogP contribution in [-0.2, 0) is 24.1 Å². The number of amides is 1. The average molecular weight is 377 g/mol. The number of rotatable bonds is 5. The van der Waals surface area contributed by atoms with Crippen molar-refractivity contribution in [1.29, 1.82) is 0 Å². The van der Waals surface area contributed by atoms with Gasteiger partial charge in [-0.05, 0) is 25.5 Å². The first-order chi connectivity index (χ1) is 12.7. The molecule has 3 aromatic rings. The Bertz CT molecular complexity index is 958. The summed E-state index contributed by atoms with van der Waals surface area (Å²) in [6.45, 7) is 3.68. The molecule has 1 amide bonds. The molecular formula is C18H18F3N5O. The van der Waals surface area contributed by atoms with E-state index < -0.39 is 17.8 Å². The van der Waals surface area contributed by atoms with Crippen LogP contribution in [0.4, 0.5) is 19.0 Å². The van der Waals surface area contributed by atoms with Crippen LogP contribution in [0.3, 0.4) is 0 Å². The largest absolute Gasteiger partial charge is 0.435 e. The van der Waals surface area contributed by atoms with Crippen molar-refractivity contribution in [2.45, 2.75) is 33.1 Å². The van der Waals surface area contributed by atoms with Gasteiger partial charge >= 0.3 is 6.18 Å². The molecule has 6 nitrogen and oxygen atoms in total. The Morgan fingerprint density at radius 3 is 2.59 bits per heavy atom. The highest BCUT2D eigenvalue weighted by atomic mass is 19.4. The zero-order valence-corrected chi connectivity index (χ0v) is 14.8. The number of carbonyl (C=O) groups excluding carboxylic acids is 1. The molecule has 0 bridgehead atoms. The minimum Gasteiger partial charge on any atom is -0.308 e. The van der Waals surface area contributed by atoms with Crippen molar-refractivity contribution in [3.63, 3.8) is 0 Å². The Labute approximate surface area is 153 Å². The van der Waals surface area contributed by atoms with Gasteiger partial charge in [0.25, 0.3) is 0 Å². The molecule has 1 N–H and O–H groups in total. The number of nitrogens with one attached hydrogen (secondary N) is 1. The third kappa shape index (κ3) is 4.75. The van der Waals surface area contributed by atoms with Gasteiger partial charge in [0.15, 0.2) is 11.5 Å². The number of hydrogen-bond donors (Lipinski definition) is 1. The molecular weight excluding hydrogens is 359 g/mol. The van der Waals surface area contributed by atoms with Gasteiger partial charge in [0.1, 0.15) is 6.54 Å². The maximum Gasteiger partial charge on any atom is 0.435 e. The molecule has 2 heterocycles. The molecule has 27 heavy (non-hydrogen) atoms. The highest BCUT2D eigenvalue weighted by Gasteiger charge is 2.34. The van der Waals surface area contributed by atoms with Crippen LogP contribution < -0.4 is 5.32 Å². The SMILES string of the molecule is Cc1cccc(Cn2ccc(NC(=O)Cn3nc(C(F)(F)F)cc3C)n2)c1. The van der Waals surface area contributed by atoms with E-state index in [1.165, 1.54) is 6.92 Å². The summed E-state index contributed by atoms with van der Waals surface area (Å²) < 4.78 is 40.7. The Morgan fingerprint density at radius 1 is 1.15 bits per heavy atom. The molecule has 2 aromatic heterocycles. The molecule has 1 aromatic carbocycles. The molecule has 0 aliphatic rings. The van der Waals surface area contributed by atoms with Gasteiger partial charge in [-0.1, -0.05) is 29.8 Å². The summed E-state index contributed by atoms with van der Waals surface area (Å²) in [5, 5.41) is 10.3. The zero-order valence-electron chi connectivity index (χ0n) is 14.8. The van der Waals surface area contributed by atoms with Crippen molar-refractivity contribution in [1.82, 2.24) is 19.6 Å². The second kappa shape index (κ2) is 7.26. The van der Waals surface area contributed by atoms with E-state index in [1.54, 1.807) is 16.9 Å². The Hall–Kier alpha value is -3.10. The van der Waals surface area contributed by atoms with E-state index in [2.05, 4.69) is 15.5 Å². The molecule has 0 saturated heterocycles. The van der Waals surface area contributed by atoms with Crippen LogP contribution in [0.2, 0.25) is 0 Å². The predicted octanol–water partition coefficient (Wildman–Crippen LogP) is 3.40. The van der Waals surface area contributed by atoms with Gasteiger partial charge in [-0.3, -0.25) is 14.2 Å². The van der Waals surface area contributed by atoms with Gasteiger partial charge < -0.3 is 5.32 Å². The fourth-order valence-electron chi connectivity index (χ4n) is 2.64. The van der Waals surface area contributed by atoms with E-state index in [0.29, 0.717) is 12.4 Å². The number of aromatic nitrogens is 4. The summed E-state index contributed by atoms with van der Waals surface area (Å²) in [5.41, 5.74) is 1.45. The van der Waals surface area contributed by atoms with E-state index in [-0.39, 0.29) is 12.2 Å². The summed E-state index contributed by atoms with van der Waals surface area (Å²) in [4.78, 5) is 12.1. The lowest BCUT2D eigenvalue weighted by Crippen LogP contribution is -2.21. The molecule has 3 rings (SSSR count). The number of aryl methyl sites for hydroxylation is 2. The van der Waals surface area contributed by atoms with Crippen LogP contribution in [0.1, 0.15) is 22.5 Å². The smallest absolute Gasteiger partial charge is 0.308 e. The fraction of sp³-hybridized carbons (Fsp3) is 0.278. The van der Waals surface area contributed by atoms with E-state index in [1.807, 2.05) is 31.2 Å². The lowest BCUT2D eigenvalue weighted by atomic mass is 10.1. The number of alkyl halides is 3. The van der Waals surface area contributed by atoms with Crippen molar-refractivity contribution in [3.05, 3.63) is 65.1 Å². The highest BCUT2D eigenvalue weighted by Crippen LogP contribution is 2.28. The molecule has 0 radical (unpaired) electrons. The second-order valence-electron chi connectivity index (χ2n) is 6.26. The molecule has 0 fully saturated rings. The van der Waals surface area contributed by atoms with Crippen LogP contribution in [0.15, 0.2) is 42.6 Å². The summed E-state index contributed by atoms with van der Waals surface area (Å²) in [6.07, 6.45) is -2.82. The molecule has 142 valence electrons. The molecule has 0 aliphatic heterocycles. The highest BCUT2D eigenvalue weighted by molar-refractivity contribution is 5.89. The van der Waals surface area contributed by atoms with Crippen molar-refractivity contribution >= 4 is 11.7 Å². The monoisotopic (exact) mass is 377 g/mol. The van der Waals surface area contributed by atoms with Crippen molar-refractivity contribution in [2.75, 3.05) is 5.32 Å². The van der Waals surface area contributed by atoms with Crippen LogP contribution >= 0.6 is 0 Å². The van der Waals surface area contributed by atoms with E-state index in [9.17, 15) is 18.0 Å². The second-order valence-corrected chi connectivity index (χ2v) is 6.26. The van der Waals surface area contributed by atoms with Gasteiger partial charge in [0, 0.05) is 18.0 Å². The molecule has 0 saturated carbocycles. The van der Waals surface area contributed by atoms with Gasteiger partial charge in [-0.2, -0.15) is 23.4 Å². The lowest BCUT2D eigenvalue weighted by molar-refractivity contribution is -0.141. The average Bonchev–Trinajstić information content (AvgIpc) is 3.14. The van der Waals surface area contributed by atoms with Gasteiger partial charge in [-0.15, -0.1) is 0 Å². The first-order valence-electron chi connectivity index (χ1n) is 8.21. The Morgan fingerprint density at radius 2 is 1.93 bits per heavy atom. The first-order valence-corrected chi connectivity index (χ1v) is 8.21. The Balaban J connectivity index is 1.62. The number of hydrogen-bond acceptors (Lipinski definition) is 3. The third-order valence-electron chi connectivity index (χ3n) is 3.90. The molecule has 0 aliphatic carbocycles. The van der Waals surface area contributed by atoms with Gasteiger partial charge in [0.2, 0.25) is 5.91 Å². The van der Waals surface area contributed by atoms with Crippen LogP contribution in [0.25, 0.3) is 0 Å². The quantitative estimate of drug-likeness (QED) is 0.741. The normalized spacial score (nSPS) is 11.6. The maximum atomic E-state index is 12.7. The Kier molecular flexibility index (Phi) is 5.02. The topological polar surface area (TPSA) is 64.7 Å². The van der Waals surface area contributed by atoms with E-state index in [4.69, 9.17) is 0 Å². The van der Waals surface area contributed by atoms with E-state index >= 15 is 0 Å². The van der Waals surface area contributed by atoms with Gasteiger partial charge in [0.05, 0.1) is 6.54 Å². The first kappa shape index (κ1) is 18.7. The van der Waals surface area contributed by atoms with E-state index in [0.717, 1.165) is 21.9 Å².